The van der Waals surface area contributed by atoms with Crippen molar-refractivity contribution in [1.29, 1.82) is 0 Å². The van der Waals surface area contributed by atoms with Gasteiger partial charge in [-0.05, 0) is 46.9 Å². The lowest BCUT2D eigenvalue weighted by Gasteiger charge is -2.29. The molecule has 6 nitrogen and oxygen atoms in total. The van der Waals surface area contributed by atoms with Crippen molar-refractivity contribution in [3.63, 3.8) is 0 Å². The second-order valence-electron chi connectivity index (χ2n) is 6.69. The first-order valence-corrected chi connectivity index (χ1v) is 8.24. The third-order valence-corrected chi connectivity index (χ3v) is 4.45. The van der Waals surface area contributed by atoms with E-state index >= 15 is 0 Å². The number of amides is 1. The summed E-state index contributed by atoms with van der Waals surface area (Å²) in [4.78, 5) is 14.5. The summed E-state index contributed by atoms with van der Waals surface area (Å²) in [6, 6.07) is 6.39. The van der Waals surface area contributed by atoms with E-state index in [0.29, 0.717) is 11.7 Å². The van der Waals surface area contributed by atoms with Crippen molar-refractivity contribution in [1.82, 2.24) is 25.1 Å². The molecule has 1 fully saturated rings. The van der Waals surface area contributed by atoms with E-state index < -0.39 is 0 Å². The fourth-order valence-electron chi connectivity index (χ4n) is 3.02. The number of rotatable bonds is 6. The Labute approximate surface area is 140 Å². The zero-order valence-corrected chi connectivity index (χ0v) is 14.2. The molecule has 0 bridgehead atoms. The molecule has 1 heterocycles. The maximum Gasteiger partial charge on any atom is 0.244 e. The van der Waals surface area contributed by atoms with E-state index in [-0.39, 0.29) is 30.2 Å². The van der Waals surface area contributed by atoms with Crippen molar-refractivity contribution in [3.8, 4) is 0 Å². The van der Waals surface area contributed by atoms with Crippen LogP contribution in [0, 0.1) is 11.7 Å². The molecule has 7 heteroatoms. The van der Waals surface area contributed by atoms with Gasteiger partial charge in [0.2, 0.25) is 5.91 Å². The number of likely N-dealkylation sites (N-methyl/N-ethyl adjacent to an activating group) is 1. The van der Waals surface area contributed by atoms with Gasteiger partial charge in [0.25, 0.3) is 0 Å². The van der Waals surface area contributed by atoms with Crippen molar-refractivity contribution in [2.24, 2.45) is 5.92 Å². The summed E-state index contributed by atoms with van der Waals surface area (Å²) in [7, 11) is 1.80. The van der Waals surface area contributed by atoms with E-state index in [1.807, 2.05) is 13.8 Å². The fourth-order valence-corrected chi connectivity index (χ4v) is 3.02. The van der Waals surface area contributed by atoms with Crippen LogP contribution in [0.1, 0.15) is 50.0 Å². The molecule has 128 valence electrons. The maximum absolute atomic E-state index is 13.2. The van der Waals surface area contributed by atoms with Crippen molar-refractivity contribution in [2.75, 3.05) is 7.05 Å². The summed E-state index contributed by atoms with van der Waals surface area (Å²) in [6.45, 7) is 4.09. The lowest BCUT2D eigenvalue weighted by molar-refractivity contribution is -0.133. The van der Waals surface area contributed by atoms with Crippen molar-refractivity contribution in [3.05, 3.63) is 41.5 Å². The zero-order valence-electron chi connectivity index (χ0n) is 14.2. The number of aromatic nitrogens is 4. The highest BCUT2D eigenvalue weighted by molar-refractivity contribution is 5.76. The van der Waals surface area contributed by atoms with Gasteiger partial charge in [-0.3, -0.25) is 4.79 Å². The average Bonchev–Trinajstić information content (AvgIpc) is 3.27. The average molecular weight is 331 g/mol. The molecule has 0 N–H and O–H groups in total. The molecular weight excluding hydrogens is 309 g/mol. The van der Waals surface area contributed by atoms with Crippen LogP contribution in [0.3, 0.4) is 0 Å². The lowest BCUT2D eigenvalue weighted by Crippen LogP contribution is -2.35. The highest BCUT2D eigenvalue weighted by Gasteiger charge is 2.37. The molecule has 0 aliphatic heterocycles. The lowest BCUT2D eigenvalue weighted by atomic mass is 10.0. The van der Waals surface area contributed by atoms with Crippen LogP contribution in [0.25, 0.3) is 0 Å². The minimum Gasteiger partial charge on any atom is -0.337 e. The molecule has 0 saturated heterocycles. The van der Waals surface area contributed by atoms with Crippen LogP contribution < -0.4 is 0 Å². The van der Waals surface area contributed by atoms with Gasteiger partial charge in [0.15, 0.2) is 5.82 Å². The molecule has 1 aliphatic carbocycles. The number of benzene rings is 1. The van der Waals surface area contributed by atoms with Gasteiger partial charge in [-0.25, -0.2) is 9.07 Å². The van der Waals surface area contributed by atoms with E-state index in [1.54, 1.807) is 28.8 Å². The summed E-state index contributed by atoms with van der Waals surface area (Å²) in [6.07, 6.45) is 2.17. The first-order valence-electron chi connectivity index (χ1n) is 8.24. The van der Waals surface area contributed by atoms with E-state index in [0.717, 1.165) is 18.4 Å². The number of halogens is 1. The molecule has 1 aromatic heterocycles. The Balaban J connectivity index is 1.77. The van der Waals surface area contributed by atoms with Crippen LogP contribution in [0.4, 0.5) is 4.39 Å². The largest absolute Gasteiger partial charge is 0.337 e. The Bertz CT molecular complexity index is 708. The summed E-state index contributed by atoms with van der Waals surface area (Å²) in [5.41, 5.74) is 0.968. The van der Waals surface area contributed by atoms with Gasteiger partial charge in [-0.1, -0.05) is 26.0 Å². The van der Waals surface area contributed by atoms with Crippen LogP contribution in [0.5, 0.6) is 0 Å². The Hall–Kier alpha value is -2.31. The minimum atomic E-state index is -0.266. The predicted octanol–water partition coefficient (Wildman–Crippen LogP) is 2.55. The molecule has 0 spiro atoms. The first kappa shape index (κ1) is 16.5. The number of hydrogen-bond donors (Lipinski definition) is 0. The molecule has 0 radical (unpaired) electrons. The van der Waals surface area contributed by atoms with Gasteiger partial charge in [-0.2, -0.15) is 0 Å². The van der Waals surface area contributed by atoms with E-state index in [1.165, 1.54) is 12.1 Å². The molecule has 1 saturated carbocycles. The zero-order chi connectivity index (χ0) is 17.3. The maximum atomic E-state index is 13.2. The van der Waals surface area contributed by atoms with Crippen LogP contribution in [0.15, 0.2) is 24.3 Å². The third-order valence-electron chi connectivity index (χ3n) is 4.45. The fraction of sp³-hybridized carbons (Fsp3) is 0.529. The van der Waals surface area contributed by atoms with E-state index in [4.69, 9.17) is 0 Å². The summed E-state index contributed by atoms with van der Waals surface area (Å²) >= 11 is 0. The molecule has 1 amide bonds. The molecule has 1 atom stereocenters. The standard InChI is InChI=1S/C17H22FN5O/c1-11(2)17-19-20-21-23(17)10-15(24)22(3)16(12-4-5-12)13-6-8-14(18)9-7-13/h6-9,11-12,16H,4-5,10H2,1-3H3/t16-/m0/s1. The second-order valence-corrected chi connectivity index (χ2v) is 6.69. The van der Waals surface area contributed by atoms with Crippen molar-refractivity contribution >= 4 is 5.91 Å². The van der Waals surface area contributed by atoms with Crippen LogP contribution in [-0.4, -0.2) is 38.1 Å². The number of tetrazole rings is 1. The molecule has 3 rings (SSSR count). The monoisotopic (exact) mass is 331 g/mol. The van der Waals surface area contributed by atoms with Gasteiger partial charge in [0.05, 0.1) is 6.04 Å². The molecule has 0 unspecified atom stereocenters. The summed E-state index contributed by atoms with van der Waals surface area (Å²) in [5.74, 6) is 0.960. The van der Waals surface area contributed by atoms with E-state index in [2.05, 4.69) is 15.5 Å². The Kier molecular flexibility index (Phi) is 4.59. The molecular formula is C17H22FN5O. The van der Waals surface area contributed by atoms with E-state index in [9.17, 15) is 9.18 Å². The quantitative estimate of drug-likeness (QED) is 0.816. The first-order chi connectivity index (χ1) is 11.5. The van der Waals surface area contributed by atoms with Crippen molar-refractivity contribution < 1.29 is 9.18 Å². The van der Waals surface area contributed by atoms with Gasteiger partial charge in [0.1, 0.15) is 12.4 Å². The second kappa shape index (κ2) is 6.67. The van der Waals surface area contributed by atoms with Crippen LogP contribution in [0.2, 0.25) is 0 Å². The highest BCUT2D eigenvalue weighted by Crippen LogP contribution is 2.44. The molecule has 2 aromatic rings. The van der Waals surface area contributed by atoms with Gasteiger partial charge in [-0.15, -0.1) is 5.10 Å². The van der Waals surface area contributed by atoms with Crippen molar-refractivity contribution in [2.45, 2.75) is 45.2 Å². The van der Waals surface area contributed by atoms with Gasteiger partial charge >= 0.3 is 0 Å². The molecule has 1 aliphatic rings. The Morgan fingerprint density at radius 3 is 2.58 bits per heavy atom. The van der Waals surface area contributed by atoms with Gasteiger partial charge in [0, 0.05) is 13.0 Å². The smallest absolute Gasteiger partial charge is 0.244 e. The third kappa shape index (κ3) is 3.44. The molecule has 1 aromatic carbocycles. The Morgan fingerprint density at radius 1 is 1.33 bits per heavy atom. The summed E-state index contributed by atoms with van der Waals surface area (Å²) < 4.78 is 14.7. The normalized spacial score (nSPS) is 15.5. The predicted molar refractivity (Wildman–Crippen MR) is 86.5 cm³/mol. The SMILES string of the molecule is CC(C)c1nnnn1CC(=O)N(C)[C@H](c1ccc(F)cc1)C1CC1. The molecule has 24 heavy (non-hydrogen) atoms. The number of hydrogen-bond acceptors (Lipinski definition) is 4. The minimum absolute atomic E-state index is 0.0305. The summed E-state index contributed by atoms with van der Waals surface area (Å²) in [5, 5.41) is 11.6. The van der Waals surface area contributed by atoms with Crippen LogP contribution >= 0.6 is 0 Å². The Morgan fingerprint density at radius 2 is 2.00 bits per heavy atom. The topological polar surface area (TPSA) is 63.9 Å². The number of nitrogens with zero attached hydrogens (tertiary/aromatic N) is 5. The number of carbonyl (C=O) groups is 1. The van der Waals surface area contributed by atoms with Gasteiger partial charge < -0.3 is 4.90 Å². The number of carbonyl (C=O) groups excluding carboxylic acids is 1. The van der Waals surface area contributed by atoms with Crippen LogP contribution in [-0.2, 0) is 11.3 Å². The highest BCUT2D eigenvalue weighted by atomic mass is 19.1.